The van der Waals surface area contributed by atoms with Crippen LogP contribution >= 0.6 is 23.1 Å². The molecule has 0 amide bonds. The Hall–Kier alpha value is -2.41. The third-order valence-corrected chi connectivity index (χ3v) is 8.47. The van der Waals surface area contributed by atoms with E-state index in [9.17, 15) is 21.6 Å². The van der Waals surface area contributed by atoms with Gasteiger partial charge in [0, 0.05) is 29.1 Å². The number of nitrogens with one attached hydrogen (secondary N) is 1. The minimum absolute atomic E-state index is 0.0570. The Balaban J connectivity index is 1.54. The number of sulfonamides is 1. The number of hydrogen-bond donors (Lipinski definition) is 1. The maximum absolute atomic E-state index is 15.6. The summed E-state index contributed by atoms with van der Waals surface area (Å²) in [5, 5.41) is 1.83. The van der Waals surface area contributed by atoms with Gasteiger partial charge in [0.15, 0.2) is 10.8 Å². The average molecular weight is 548 g/mol. The van der Waals surface area contributed by atoms with Gasteiger partial charge in [0.05, 0.1) is 30.2 Å². The molecule has 0 bridgehead atoms. The number of ether oxygens (including phenoxy) is 1. The standard InChI is InChI=1S/C22H18ClF4N3O3S2/c23-30-11-21(24,12-30)18-9-13(22(25,26)27)1-3-16(18)15-5-7-33-19-10-14(2-4-17(15)19)35(31,32)29-20-28-6-8-34-20/h1-4,6,8-10,15H,5,7,11-12H2,(H,28,29). The van der Waals surface area contributed by atoms with E-state index >= 15 is 4.39 Å². The molecule has 5 rings (SSSR count). The molecular weight excluding hydrogens is 530 g/mol. The largest absolute Gasteiger partial charge is 0.493 e. The van der Waals surface area contributed by atoms with E-state index in [-0.39, 0.29) is 41.0 Å². The van der Waals surface area contributed by atoms with E-state index in [4.69, 9.17) is 16.5 Å². The quantitative estimate of drug-likeness (QED) is 0.337. The zero-order valence-electron chi connectivity index (χ0n) is 17.9. The molecular formula is C22H18ClF4N3O3S2. The van der Waals surface area contributed by atoms with Crippen LogP contribution in [0.15, 0.2) is 52.9 Å². The monoisotopic (exact) mass is 547 g/mol. The number of fused-ring (bicyclic) bond motifs is 1. The van der Waals surface area contributed by atoms with Gasteiger partial charge in [-0.2, -0.15) is 13.2 Å². The summed E-state index contributed by atoms with van der Waals surface area (Å²) in [5.41, 5.74) is -2.08. The lowest BCUT2D eigenvalue weighted by Crippen LogP contribution is -2.52. The number of nitrogens with zero attached hydrogens (tertiary/aromatic N) is 2. The molecule has 186 valence electrons. The Morgan fingerprint density at radius 1 is 1.17 bits per heavy atom. The first-order chi connectivity index (χ1) is 16.5. The number of aromatic nitrogens is 1. The van der Waals surface area contributed by atoms with Crippen molar-refractivity contribution in [2.24, 2.45) is 0 Å². The van der Waals surface area contributed by atoms with E-state index in [2.05, 4.69) is 9.71 Å². The normalized spacial score (nSPS) is 20.0. The van der Waals surface area contributed by atoms with E-state index in [0.29, 0.717) is 17.5 Å². The smallest absolute Gasteiger partial charge is 0.416 e. The third kappa shape index (κ3) is 4.59. The van der Waals surface area contributed by atoms with Gasteiger partial charge in [-0.05, 0) is 47.5 Å². The predicted molar refractivity (Wildman–Crippen MR) is 123 cm³/mol. The van der Waals surface area contributed by atoms with E-state index < -0.39 is 33.3 Å². The second kappa shape index (κ2) is 8.61. The van der Waals surface area contributed by atoms with Crippen molar-refractivity contribution in [3.8, 4) is 5.75 Å². The topological polar surface area (TPSA) is 71.5 Å². The lowest BCUT2D eigenvalue weighted by molar-refractivity contribution is -0.137. The number of thiazole rings is 1. The minimum Gasteiger partial charge on any atom is -0.493 e. The Labute approximate surface area is 207 Å². The molecule has 1 fully saturated rings. The molecule has 0 aliphatic carbocycles. The van der Waals surface area contributed by atoms with Crippen molar-refractivity contribution < 1.29 is 30.7 Å². The molecule has 1 N–H and O–H groups in total. The van der Waals surface area contributed by atoms with Gasteiger partial charge in [-0.15, -0.1) is 11.3 Å². The third-order valence-electron chi connectivity index (χ3n) is 6.07. The summed E-state index contributed by atoms with van der Waals surface area (Å²) < 4.78 is 90.6. The van der Waals surface area contributed by atoms with Gasteiger partial charge in [-0.25, -0.2) is 22.2 Å². The second-order valence-corrected chi connectivity index (χ2v) is 11.4. The molecule has 0 saturated carbocycles. The highest BCUT2D eigenvalue weighted by atomic mass is 35.5. The molecule has 3 aromatic rings. The fourth-order valence-electron chi connectivity index (χ4n) is 4.40. The van der Waals surface area contributed by atoms with E-state index in [1.54, 1.807) is 11.4 Å². The maximum atomic E-state index is 15.6. The Bertz CT molecular complexity index is 1360. The van der Waals surface area contributed by atoms with Gasteiger partial charge in [0.1, 0.15) is 5.75 Å². The molecule has 1 aromatic heterocycles. The van der Waals surface area contributed by atoms with Crippen molar-refractivity contribution in [3.05, 3.63) is 70.2 Å². The van der Waals surface area contributed by atoms with Gasteiger partial charge < -0.3 is 4.74 Å². The molecule has 3 heterocycles. The predicted octanol–water partition coefficient (Wildman–Crippen LogP) is 5.51. The zero-order valence-corrected chi connectivity index (χ0v) is 20.2. The van der Waals surface area contributed by atoms with Crippen LogP contribution in [0.5, 0.6) is 5.75 Å². The first-order valence-corrected chi connectivity index (χ1v) is 13.2. The number of hydrogen-bond acceptors (Lipinski definition) is 6. The molecule has 35 heavy (non-hydrogen) atoms. The lowest BCUT2D eigenvalue weighted by atomic mass is 9.77. The summed E-state index contributed by atoms with van der Waals surface area (Å²) in [7, 11) is -3.94. The fraction of sp³-hybridized carbons (Fsp3) is 0.318. The van der Waals surface area contributed by atoms with Crippen molar-refractivity contribution in [1.29, 1.82) is 0 Å². The zero-order chi connectivity index (χ0) is 25.0. The fourth-order valence-corrected chi connectivity index (χ4v) is 6.58. The molecule has 0 spiro atoms. The Morgan fingerprint density at radius 3 is 2.57 bits per heavy atom. The van der Waals surface area contributed by atoms with Crippen LogP contribution in [0.4, 0.5) is 22.7 Å². The number of benzene rings is 2. The number of anilines is 1. The van der Waals surface area contributed by atoms with Crippen LogP contribution in [0.2, 0.25) is 0 Å². The van der Waals surface area contributed by atoms with Crippen LogP contribution < -0.4 is 9.46 Å². The van der Waals surface area contributed by atoms with Crippen LogP contribution in [0.25, 0.3) is 0 Å². The lowest BCUT2D eigenvalue weighted by Gasteiger charge is -2.42. The molecule has 13 heteroatoms. The molecule has 0 radical (unpaired) electrons. The molecule has 1 saturated heterocycles. The van der Waals surface area contributed by atoms with Crippen LogP contribution in [-0.2, 0) is 21.9 Å². The van der Waals surface area contributed by atoms with Gasteiger partial charge in [0.25, 0.3) is 10.0 Å². The molecule has 2 aliphatic rings. The maximum Gasteiger partial charge on any atom is 0.416 e. The van der Waals surface area contributed by atoms with Gasteiger partial charge >= 0.3 is 6.18 Å². The SMILES string of the molecule is O=S(=O)(Nc1nccs1)c1ccc2c(c1)OCCC2c1ccc(C(F)(F)F)cc1C1(F)CN(Cl)C1. The highest BCUT2D eigenvalue weighted by Crippen LogP contribution is 2.47. The van der Waals surface area contributed by atoms with E-state index in [0.717, 1.165) is 23.5 Å². The number of halogens is 5. The van der Waals surface area contributed by atoms with Crippen molar-refractivity contribution in [2.45, 2.75) is 29.1 Å². The second-order valence-electron chi connectivity index (χ2n) is 8.38. The van der Waals surface area contributed by atoms with Crippen LogP contribution in [0, 0.1) is 0 Å². The number of alkyl halides is 4. The van der Waals surface area contributed by atoms with Gasteiger partial charge in [-0.1, -0.05) is 12.1 Å². The molecule has 6 nitrogen and oxygen atoms in total. The molecule has 1 unspecified atom stereocenters. The number of rotatable bonds is 5. The first kappa shape index (κ1) is 24.3. The summed E-state index contributed by atoms with van der Waals surface area (Å²) >= 11 is 6.95. The van der Waals surface area contributed by atoms with Gasteiger partial charge in [-0.3, -0.25) is 4.72 Å². The van der Waals surface area contributed by atoms with Crippen LogP contribution in [0.3, 0.4) is 0 Å². The van der Waals surface area contributed by atoms with Crippen molar-refractivity contribution in [3.63, 3.8) is 0 Å². The highest BCUT2D eigenvalue weighted by Gasteiger charge is 2.48. The average Bonchev–Trinajstić information content (AvgIpc) is 3.28. The van der Waals surface area contributed by atoms with E-state index in [1.165, 1.54) is 28.8 Å². The van der Waals surface area contributed by atoms with Crippen LogP contribution in [0.1, 0.15) is 34.6 Å². The van der Waals surface area contributed by atoms with Crippen molar-refractivity contribution in [1.82, 2.24) is 9.40 Å². The summed E-state index contributed by atoms with van der Waals surface area (Å²) in [6, 6.07) is 7.38. The summed E-state index contributed by atoms with van der Waals surface area (Å²) in [6.07, 6.45) is -2.78. The highest BCUT2D eigenvalue weighted by molar-refractivity contribution is 7.93. The summed E-state index contributed by atoms with van der Waals surface area (Å²) in [6.45, 7) is -0.292. The minimum atomic E-state index is -4.63. The Morgan fingerprint density at radius 2 is 1.91 bits per heavy atom. The molecule has 2 aliphatic heterocycles. The summed E-state index contributed by atoms with van der Waals surface area (Å²) in [4.78, 5) is 3.85. The Kier molecular flexibility index (Phi) is 5.98. The molecule has 2 aromatic carbocycles. The first-order valence-electron chi connectivity index (χ1n) is 10.5. The van der Waals surface area contributed by atoms with Gasteiger partial charge in [0.2, 0.25) is 0 Å². The van der Waals surface area contributed by atoms with Crippen LogP contribution in [-0.4, -0.2) is 37.5 Å². The summed E-state index contributed by atoms with van der Waals surface area (Å²) in [5.74, 6) is -0.216. The van der Waals surface area contributed by atoms with E-state index in [1.807, 2.05) is 0 Å². The molecule has 1 atom stereocenters. The van der Waals surface area contributed by atoms with Crippen molar-refractivity contribution >= 4 is 38.3 Å². The van der Waals surface area contributed by atoms with Crippen molar-refractivity contribution in [2.75, 3.05) is 24.4 Å².